The van der Waals surface area contributed by atoms with E-state index in [-0.39, 0.29) is 35.3 Å². The lowest BCUT2D eigenvalue weighted by Gasteiger charge is -2.72. The van der Waals surface area contributed by atoms with Crippen molar-refractivity contribution >= 4 is 11.9 Å². The number of hydrogen-bond donors (Lipinski definition) is 1. The van der Waals surface area contributed by atoms with E-state index in [4.69, 9.17) is 4.74 Å². The van der Waals surface area contributed by atoms with Crippen molar-refractivity contribution in [3.63, 3.8) is 0 Å². The first-order valence-corrected chi connectivity index (χ1v) is 16.7. The molecule has 3 aliphatic heterocycles. The predicted molar refractivity (Wildman–Crippen MR) is 166 cm³/mol. The molecule has 1 atom stereocenters. The molecular formula is C36H40F2N4O4. The second kappa shape index (κ2) is 11.0. The minimum atomic E-state index is -1.18. The van der Waals surface area contributed by atoms with Crippen LogP contribution in [0.2, 0.25) is 0 Å². The zero-order valence-electron chi connectivity index (χ0n) is 26.2. The smallest absolute Gasteiger partial charge is 0.335 e. The van der Waals surface area contributed by atoms with Gasteiger partial charge in [0.1, 0.15) is 11.6 Å². The average Bonchev–Trinajstić information content (AvgIpc) is 3.74. The van der Waals surface area contributed by atoms with Crippen LogP contribution in [0.1, 0.15) is 84.4 Å². The molecule has 8 nitrogen and oxygen atoms in total. The lowest BCUT2D eigenvalue weighted by molar-refractivity contribution is -0.158. The Morgan fingerprint density at radius 3 is 2.57 bits per heavy atom. The SMILES string of the molecule is CCOC(=O)C(c1ncn2c1CCC2)N1Cc2c(F)cc(-c3ccc(C45CC(CN6CCC(CO)CC6)(C4)C5)cc3)c(F)c2C1=O. The van der Waals surface area contributed by atoms with Crippen molar-refractivity contribution in [1.29, 1.82) is 0 Å². The Labute approximate surface area is 267 Å². The second-order valence-electron chi connectivity index (χ2n) is 14.3. The maximum absolute atomic E-state index is 16.2. The van der Waals surface area contributed by atoms with E-state index >= 15 is 8.78 Å². The number of carbonyl (C=O) groups excluding carboxylic acids is 2. The summed E-state index contributed by atoms with van der Waals surface area (Å²) in [5.41, 5.74) is 3.20. The van der Waals surface area contributed by atoms with Gasteiger partial charge in [-0.15, -0.1) is 0 Å². The summed E-state index contributed by atoms with van der Waals surface area (Å²) in [6.45, 7) is 5.85. The fourth-order valence-corrected chi connectivity index (χ4v) is 9.26. The van der Waals surface area contributed by atoms with Crippen molar-refractivity contribution in [2.24, 2.45) is 11.3 Å². The Morgan fingerprint density at radius 1 is 1.13 bits per heavy atom. The first kappa shape index (κ1) is 29.8. The first-order chi connectivity index (χ1) is 22.2. The quantitative estimate of drug-likeness (QED) is 0.329. The molecule has 2 aromatic carbocycles. The van der Waals surface area contributed by atoms with Gasteiger partial charge in [0.2, 0.25) is 0 Å². The number of benzene rings is 2. The summed E-state index contributed by atoms with van der Waals surface area (Å²) in [7, 11) is 0. The summed E-state index contributed by atoms with van der Waals surface area (Å²) in [6, 6.07) is 7.71. The van der Waals surface area contributed by atoms with Crippen LogP contribution in [0, 0.1) is 23.0 Å². The Bertz CT molecular complexity index is 1690. The number of nitrogens with zero attached hydrogens (tertiary/aromatic N) is 4. The van der Waals surface area contributed by atoms with Crippen LogP contribution in [0.25, 0.3) is 11.1 Å². The van der Waals surface area contributed by atoms with Crippen LogP contribution in [0.4, 0.5) is 8.78 Å². The van der Waals surface area contributed by atoms with Gasteiger partial charge in [-0.2, -0.15) is 0 Å². The average molecular weight is 631 g/mol. The zero-order chi connectivity index (χ0) is 31.8. The number of rotatable bonds is 9. The highest BCUT2D eigenvalue weighted by Gasteiger charge is 2.68. The second-order valence-corrected chi connectivity index (χ2v) is 14.3. The molecule has 1 saturated heterocycles. The highest BCUT2D eigenvalue weighted by atomic mass is 19.1. The van der Waals surface area contributed by atoms with E-state index in [0.717, 1.165) is 70.4 Å². The van der Waals surface area contributed by atoms with Crippen molar-refractivity contribution in [3.05, 3.63) is 76.4 Å². The van der Waals surface area contributed by atoms with E-state index in [1.807, 2.05) is 28.8 Å². The van der Waals surface area contributed by atoms with Gasteiger partial charge in [0.15, 0.2) is 6.04 Å². The van der Waals surface area contributed by atoms with Crippen molar-refractivity contribution in [2.45, 2.75) is 76.4 Å². The van der Waals surface area contributed by atoms with Crippen molar-refractivity contribution in [2.75, 3.05) is 32.8 Å². The van der Waals surface area contributed by atoms with Crippen LogP contribution in [0.3, 0.4) is 0 Å². The Hall–Kier alpha value is -3.63. The minimum Gasteiger partial charge on any atom is -0.464 e. The zero-order valence-corrected chi connectivity index (χ0v) is 26.2. The number of hydrogen-bond acceptors (Lipinski definition) is 6. The molecule has 1 N–H and O–H groups in total. The molecule has 6 aliphatic rings. The molecular weight excluding hydrogens is 590 g/mol. The third-order valence-corrected chi connectivity index (χ3v) is 11.5. The van der Waals surface area contributed by atoms with Gasteiger partial charge in [-0.1, -0.05) is 24.3 Å². The summed E-state index contributed by atoms with van der Waals surface area (Å²) in [5.74, 6) is -2.39. The molecule has 3 saturated carbocycles. The molecule has 3 aromatic rings. The molecule has 10 heteroatoms. The number of imidazole rings is 1. The highest BCUT2D eigenvalue weighted by Crippen LogP contribution is 2.73. The van der Waals surface area contributed by atoms with Crippen LogP contribution >= 0.6 is 0 Å². The number of esters is 1. The molecule has 4 fully saturated rings. The maximum Gasteiger partial charge on any atom is 0.335 e. The molecule has 1 unspecified atom stereocenters. The summed E-state index contributed by atoms with van der Waals surface area (Å²) in [4.78, 5) is 35.2. The number of likely N-dealkylation sites (tertiary alicyclic amines) is 1. The molecule has 0 radical (unpaired) electrons. The third-order valence-electron chi connectivity index (χ3n) is 11.5. The molecule has 9 rings (SSSR count). The van der Waals surface area contributed by atoms with Gasteiger partial charge in [0, 0.05) is 36.5 Å². The number of halogens is 2. The molecule has 4 heterocycles. The molecule has 3 aliphatic carbocycles. The predicted octanol–water partition coefficient (Wildman–Crippen LogP) is 5.16. The topological polar surface area (TPSA) is 87.9 Å². The van der Waals surface area contributed by atoms with Crippen LogP contribution < -0.4 is 0 Å². The lowest BCUT2D eigenvalue weighted by atomic mass is 9.33. The van der Waals surface area contributed by atoms with Crippen molar-refractivity contribution in [1.82, 2.24) is 19.4 Å². The molecule has 1 amide bonds. The summed E-state index contributed by atoms with van der Waals surface area (Å²) in [5, 5.41) is 9.44. The highest BCUT2D eigenvalue weighted by molar-refractivity contribution is 6.02. The third kappa shape index (κ3) is 4.54. The van der Waals surface area contributed by atoms with Crippen LogP contribution in [-0.2, 0) is 34.5 Å². The Morgan fingerprint density at radius 2 is 1.87 bits per heavy atom. The van der Waals surface area contributed by atoms with E-state index in [0.29, 0.717) is 35.6 Å². The summed E-state index contributed by atoms with van der Waals surface area (Å²) < 4.78 is 39.1. The standard InChI is InChI=1S/C36H40F2N4O4/c1-2-46-34(45)32(31-28-4-3-11-41(28)21-39-31)42-15-26-27(37)14-25(30(38)29(26)33(42)44)23-5-7-24(8-6-23)36-17-35(18-36,19-36)20-40-12-9-22(16-43)10-13-40/h5-8,14,21-22,32,43H,2-4,9-13,15-20H2,1H3. The maximum atomic E-state index is 16.2. The number of aliphatic hydroxyl groups is 1. The van der Waals surface area contributed by atoms with E-state index in [1.54, 1.807) is 13.3 Å². The molecule has 242 valence electrons. The van der Waals surface area contributed by atoms with E-state index in [1.165, 1.54) is 16.5 Å². The number of aryl methyl sites for hydroxylation is 1. The Kier molecular flexibility index (Phi) is 7.10. The number of piperidine rings is 1. The number of amides is 1. The first-order valence-electron chi connectivity index (χ1n) is 16.7. The number of ether oxygens (including phenoxy) is 1. The van der Waals surface area contributed by atoms with Crippen LogP contribution in [-0.4, -0.2) is 69.2 Å². The fraction of sp³-hybridized carbons (Fsp3) is 0.528. The number of aliphatic hydroxyl groups excluding tert-OH is 1. The van der Waals surface area contributed by atoms with E-state index in [9.17, 15) is 14.7 Å². The van der Waals surface area contributed by atoms with Gasteiger partial charge in [-0.25, -0.2) is 18.6 Å². The fourth-order valence-electron chi connectivity index (χ4n) is 9.26. The van der Waals surface area contributed by atoms with Gasteiger partial charge < -0.3 is 24.2 Å². The van der Waals surface area contributed by atoms with Gasteiger partial charge >= 0.3 is 5.97 Å². The monoisotopic (exact) mass is 630 g/mol. The van der Waals surface area contributed by atoms with Crippen molar-refractivity contribution in [3.8, 4) is 11.1 Å². The van der Waals surface area contributed by atoms with Crippen LogP contribution in [0.15, 0.2) is 36.7 Å². The number of aromatic nitrogens is 2. The van der Waals surface area contributed by atoms with Crippen LogP contribution in [0.5, 0.6) is 0 Å². The molecule has 46 heavy (non-hydrogen) atoms. The normalized spacial score (nSPS) is 26.0. The molecule has 2 bridgehead atoms. The lowest BCUT2D eigenvalue weighted by Crippen LogP contribution is -2.68. The van der Waals surface area contributed by atoms with Crippen molar-refractivity contribution < 1.29 is 28.2 Å². The minimum absolute atomic E-state index is 0.0360. The Balaban J connectivity index is 1.01. The largest absolute Gasteiger partial charge is 0.464 e. The van der Waals surface area contributed by atoms with E-state index in [2.05, 4.69) is 9.88 Å². The summed E-state index contributed by atoms with van der Waals surface area (Å²) in [6.07, 6.45) is 8.83. The van der Waals surface area contributed by atoms with Gasteiger partial charge in [-0.05, 0) is 98.9 Å². The number of fused-ring (bicyclic) bond motifs is 2. The molecule has 1 aromatic heterocycles. The van der Waals surface area contributed by atoms with Gasteiger partial charge in [-0.3, -0.25) is 4.79 Å². The number of carbonyl (C=O) groups is 2. The summed E-state index contributed by atoms with van der Waals surface area (Å²) >= 11 is 0. The molecule has 0 spiro atoms. The van der Waals surface area contributed by atoms with Gasteiger partial charge in [0.25, 0.3) is 5.91 Å². The van der Waals surface area contributed by atoms with E-state index < -0.39 is 29.6 Å². The van der Waals surface area contributed by atoms with Gasteiger partial charge in [0.05, 0.1) is 30.7 Å².